The Morgan fingerprint density at radius 2 is 1.40 bits per heavy atom. The first-order valence-electron chi connectivity index (χ1n) is 4.53. The van der Waals surface area contributed by atoms with Gasteiger partial charge in [-0.3, -0.25) is 0 Å². The van der Waals surface area contributed by atoms with Gasteiger partial charge in [0.1, 0.15) is 0 Å². The van der Waals surface area contributed by atoms with Gasteiger partial charge < -0.3 is 5.73 Å². The normalized spacial score (nSPS) is 9.90. The fraction of sp³-hybridized carbons (Fsp3) is 1.00. The molecular formula is C9H25N. The van der Waals surface area contributed by atoms with E-state index in [1.807, 2.05) is 34.6 Å². The van der Waals surface area contributed by atoms with E-state index in [2.05, 4.69) is 6.92 Å². The minimum atomic E-state index is 0.398. The van der Waals surface area contributed by atoms with Crippen LogP contribution >= 0.6 is 0 Å². The highest BCUT2D eigenvalue weighted by Crippen LogP contribution is 1.88. The highest BCUT2D eigenvalue weighted by atomic mass is 14.6. The van der Waals surface area contributed by atoms with Crippen molar-refractivity contribution in [2.45, 2.75) is 60.4 Å². The molecule has 0 aromatic rings. The second-order valence-corrected chi connectivity index (χ2v) is 1.77. The molecule has 0 aliphatic heterocycles. The lowest BCUT2D eigenvalue weighted by atomic mass is 10.2. The summed E-state index contributed by atoms with van der Waals surface area (Å²) >= 11 is 0. The van der Waals surface area contributed by atoms with E-state index in [-0.39, 0.29) is 0 Å². The molecule has 0 radical (unpaired) electrons. The van der Waals surface area contributed by atoms with Gasteiger partial charge in [-0.2, -0.15) is 0 Å². The molecule has 0 rings (SSSR count). The third-order valence-corrected chi connectivity index (χ3v) is 0.744. The van der Waals surface area contributed by atoms with E-state index < -0.39 is 0 Å². The summed E-state index contributed by atoms with van der Waals surface area (Å²) in [6.45, 7) is 12.2. The zero-order chi connectivity index (χ0) is 8.99. The molecule has 0 bridgehead atoms. The summed E-state index contributed by atoms with van der Waals surface area (Å²) in [7, 11) is 0. The molecule has 10 heavy (non-hydrogen) atoms. The van der Waals surface area contributed by atoms with Crippen molar-refractivity contribution < 1.29 is 0 Å². The van der Waals surface area contributed by atoms with Crippen LogP contribution in [0.5, 0.6) is 0 Å². The van der Waals surface area contributed by atoms with Gasteiger partial charge in [0, 0.05) is 6.04 Å². The minimum absolute atomic E-state index is 0.398. The molecule has 0 aromatic carbocycles. The molecule has 0 saturated heterocycles. The van der Waals surface area contributed by atoms with Crippen LogP contribution in [0.1, 0.15) is 54.4 Å². The molecule has 0 fully saturated rings. The Kier molecular flexibility index (Phi) is 38.1. The van der Waals surface area contributed by atoms with Crippen molar-refractivity contribution in [3.05, 3.63) is 0 Å². The van der Waals surface area contributed by atoms with Gasteiger partial charge in [0.05, 0.1) is 0 Å². The van der Waals surface area contributed by atoms with Gasteiger partial charge in [0.2, 0.25) is 0 Å². The average Bonchev–Trinajstić information content (AvgIpc) is 1.96. The Hall–Kier alpha value is -0.0400. The van der Waals surface area contributed by atoms with E-state index in [0.29, 0.717) is 6.04 Å². The second-order valence-electron chi connectivity index (χ2n) is 1.77. The van der Waals surface area contributed by atoms with Crippen LogP contribution in [-0.2, 0) is 0 Å². The van der Waals surface area contributed by atoms with Gasteiger partial charge in [-0.15, -0.1) is 0 Å². The predicted octanol–water partition coefficient (Wildman–Crippen LogP) is 3.19. The first kappa shape index (κ1) is 16.5. The van der Waals surface area contributed by atoms with E-state index in [0.717, 1.165) is 6.42 Å². The number of nitrogens with two attached hydrogens (primary N) is 1. The van der Waals surface area contributed by atoms with Crippen molar-refractivity contribution in [2.24, 2.45) is 5.73 Å². The molecule has 0 heterocycles. The lowest BCUT2D eigenvalue weighted by Crippen LogP contribution is -2.13. The summed E-state index contributed by atoms with van der Waals surface area (Å²) in [5, 5.41) is 0. The first-order chi connectivity index (χ1) is 4.77. The second kappa shape index (κ2) is 23.1. The summed E-state index contributed by atoms with van der Waals surface area (Å²) in [6.07, 6.45) is 2.36. The Balaban J connectivity index is -0.000000105. The van der Waals surface area contributed by atoms with E-state index >= 15 is 0 Å². The molecule has 1 heteroatoms. The smallest absolute Gasteiger partial charge is 0.00103 e. The van der Waals surface area contributed by atoms with Crippen LogP contribution in [0.4, 0.5) is 0 Å². The Morgan fingerprint density at radius 3 is 1.40 bits per heavy atom. The summed E-state index contributed by atoms with van der Waals surface area (Å²) in [6, 6.07) is 0.398. The molecule has 1 atom stereocenters. The Morgan fingerprint density at radius 1 is 1.10 bits per heavy atom. The lowest BCUT2D eigenvalue weighted by molar-refractivity contribution is 0.653. The molecular weight excluding hydrogens is 122 g/mol. The van der Waals surface area contributed by atoms with Crippen molar-refractivity contribution >= 4 is 0 Å². The Bertz CT molecular complexity index is 25.9. The molecule has 1 unspecified atom stereocenters. The largest absolute Gasteiger partial charge is 0.328 e. The molecule has 2 N–H and O–H groups in total. The van der Waals surface area contributed by atoms with Crippen LogP contribution in [0, 0.1) is 0 Å². The SMILES string of the molecule is CC.CC.CCCC(C)N. The molecule has 66 valence electrons. The van der Waals surface area contributed by atoms with Gasteiger partial charge in [-0.25, -0.2) is 0 Å². The minimum Gasteiger partial charge on any atom is -0.328 e. The predicted molar refractivity (Wildman–Crippen MR) is 51.3 cm³/mol. The van der Waals surface area contributed by atoms with Crippen molar-refractivity contribution in [1.82, 2.24) is 0 Å². The van der Waals surface area contributed by atoms with E-state index in [4.69, 9.17) is 5.73 Å². The molecule has 0 saturated carbocycles. The molecule has 0 spiro atoms. The van der Waals surface area contributed by atoms with Crippen molar-refractivity contribution in [3.8, 4) is 0 Å². The quantitative estimate of drug-likeness (QED) is 0.638. The van der Waals surface area contributed by atoms with E-state index in [1.54, 1.807) is 0 Å². The highest BCUT2D eigenvalue weighted by Gasteiger charge is 1.85. The van der Waals surface area contributed by atoms with Crippen LogP contribution in [0.2, 0.25) is 0 Å². The molecule has 0 aliphatic carbocycles. The molecule has 0 amide bonds. The monoisotopic (exact) mass is 147 g/mol. The number of hydrogen-bond donors (Lipinski definition) is 1. The number of hydrogen-bond acceptors (Lipinski definition) is 1. The van der Waals surface area contributed by atoms with Crippen LogP contribution < -0.4 is 5.73 Å². The fourth-order valence-corrected chi connectivity index (χ4v) is 0.455. The summed E-state index contributed by atoms with van der Waals surface area (Å²) in [5.74, 6) is 0. The van der Waals surface area contributed by atoms with Gasteiger partial charge in [-0.05, 0) is 13.3 Å². The van der Waals surface area contributed by atoms with Gasteiger partial charge in [-0.1, -0.05) is 41.0 Å². The lowest BCUT2D eigenvalue weighted by Gasteiger charge is -1.96. The van der Waals surface area contributed by atoms with Crippen molar-refractivity contribution in [1.29, 1.82) is 0 Å². The maximum Gasteiger partial charge on any atom is 0.00103 e. The first-order valence-corrected chi connectivity index (χ1v) is 4.53. The summed E-state index contributed by atoms with van der Waals surface area (Å²) in [5.41, 5.74) is 5.40. The summed E-state index contributed by atoms with van der Waals surface area (Å²) in [4.78, 5) is 0. The van der Waals surface area contributed by atoms with Crippen LogP contribution in [0.15, 0.2) is 0 Å². The van der Waals surface area contributed by atoms with Gasteiger partial charge in [0.15, 0.2) is 0 Å². The zero-order valence-electron chi connectivity index (χ0n) is 8.57. The number of rotatable bonds is 2. The molecule has 0 aromatic heterocycles. The third kappa shape index (κ3) is 44.0. The Labute approximate surface area is 67.0 Å². The third-order valence-electron chi connectivity index (χ3n) is 0.744. The maximum atomic E-state index is 5.40. The van der Waals surface area contributed by atoms with Crippen LogP contribution in [-0.4, -0.2) is 6.04 Å². The average molecular weight is 147 g/mol. The summed E-state index contributed by atoms with van der Waals surface area (Å²) < 4.78 is 0. The van der Waals surface area contributed by atoms with Crippen LogP contribution in [0.3, 0.4) is 0 Å². The van der Waals surface area contributed by atoms with Gasteiger partial charge >= 0.3 is 0 Å². The topological polar surface area (TPSA) is 26.0 Å². The van der Waals surface area contributed by atoms with E-state index in [9.17, 15) is 0 Å². The molecule has 0 aliphatic rings. The molecule has 1 nitrogen and oxygen atoms in total. The fourth-order valence-electron chi connectivity index (χ4n) is 0.455. The van der Waals surface area contributed by atoms with E-state index in [1.165, 1.54) is 6.42 Å². The maximum absolute atomic E-state index is 5.40. The zero-order valence-corrected chi connectivity index (χ0v) is 8.57. The van der Waals surface area contributed by atoms with Crippen molar-refractivity contribution in [2.75, 3.05) is 0 Å². The van der Waals surface area contributed by atoms with Crippen molar-refractivity contribution in [3.63, 3.8) is 0 Å². The van der Waals surface area contributed by atoms with Gasteiger partial charge in [0.25, 0.3) is 0 Å². The standard InChI is InChI=1S/C5H13N.2C2H6/c1-3-4-5(2)6;2*1-2/h5H,3-4,6H2,1-2H3;2*1-2H3. The highest BCUT2D eigenvalue weighted by molar-refractivity contribution is 4.47. The van der Waals surface area contributed by atoms with Crippen LogP contribution in [0.25, 0.3) is 0 Å².